The van der Waals surface area contributed by atoms with E-state index in [1.165, 1.54) is 0 Å². The number of aliphatic carboxylic acids is 1. The van der Waals surface area contributed by atoms with Crippen LogP contribution in [0.2, 0.25) is 18.1 Å². The van der Waals surface area contributed by atoms with Gasteiger partial charge in [-0.05, 0) is 31.0 Å². The van der Waals surface area contributed by atoms with Crippen LogP contribution in [0.1, 0.15) is 48.5 Å². The van der Waals surface area contributed by atoms with Crippen molar-refractivity contribution in [1.29, 1.82) is 0 Å². The zero-order valence-corrected chi connectivity index (χ0v) is 19.4. The summed E-state index contributed by atoms with van der Waals surface area (Å²) in [7, 11) is -0.322. The zero-order chi connectivity index (χ0) is 20.9. The molecule has 0 aliphatic heterocycles. The summed E-state index contributed by atoms with van der Waals surface area (Å²) < 4.78 is 12.3. The number of methoxy groups -OCH3 is 1. The summed E-state index contributed by atoms with van der Waals surface area (Å²) in [5.74, 6) is -1.15. The number of rotatable bonds is 10. The molecule has 26 heavy (non-hydrogen) atoms. The lowest BCUT2D eigenvalue weighted by Gasteiger charge is -2.42. The first-order chi connectivity index (χ1) is 11.7. The molecule has 152 valence electrons. The largest absolute Gasteiger partial charge is 0.481 e. The van der Waals surface area contributed by atoms with Gasteiger partial charge in [0.05, 0.1) is 12.0 Å². The molecule has 0 rings (SSSR count). The Bertz CT molecular complexity index is 505. The Balaban J connectivity index is 5.67. The van der Waals surface area contributed by atoms with Crippen molar-refractivity contribution < 1.29 is 19.1 Å². The summed E-state index contributed by atoms with van der Waals surface area (Å²) in [6.07, 6.45) is 3.56. The maximum atomic E-state index is 11.3. The molecule has 4 nitrogen and oxygen atoms in total. The lowest BCUT2D eigenvalue weighted by atomic mass is 9.86. The first-order valence-electron chi connectivity index (χ1n) is 9.43. The first kappa shape index (κ1) is 25.1. The molecule has 0 aromatic heterocycles. The smallest absolute Gasteiger partial charge is 0.306 e. The molecular weight excluding hydrogens is 344 g/mol. The highest BCUT2D eigenvalue weighted by Crippen LogP contribution is 2.39. The standard InChI is InChI=1S/C21H40O4Si/c1-12-18(24-9)19(25-26(10,11)21(6,7)8)15(3)13-14(2)16(4)17(5)20(22)23/h12-13,15-19H,1H2,2-11H3,(H,22,23)/b14-13-/t15-,16+,17+,18+,19+/m1/s1. The van der Waals surface area contributed by atoms with Gasteiger partial charge in [0.1, 0.15) is 6.10 Å². The van der Waals surface area contributed by atoms with E-state index in [1.807, 2.05) is 13.8 Å². The third kappa shape index (κ3) is 6.67. The lowest BCUT2D eigenvalue weighted by molar-refractivity contribution is -0.142. The highest BCUT2D eigenvalue weighted by molar-refractivity contribution is 6.74. The molecule has 0 bridgehead atoms. The topological polar surface area (TPSA) is 55.8 Å². The maximum absolute atomic E-state index is 11.3. The number of hydrogen-bond donors (Lipinski definition) is 1. The van der Waals surface area contributed by atoms with E-state index in [1.54, 1.807) is 20.1 Å². The van der Waals surface area contributed by atoms with Gasteiger partial charge in [0.25, 0.3) is 0 Å². The predicted molar refractivity (Wildman–Crippen MR) is 112 cm³/mol. The minimum absolute atomic E-state index is 0.0341. The predicted octanol–water partition coefficient (Wildman–Crippen LogP) is 5.52. The van der Waals surface area contributed by atoms with Crippen LogP contribution in [-0.2, 0) is 14.0 Å². The fourth-order valence-electron chi connectivity index (χ4n) is 2.62. The van der Waals surface area contributed by atoms with E-state index in [0.29, 0.717) is 0 Å². The molecule has 0 fully saturated rings. The van der Waals surface area contributed by atoms with E-state index in [-0.39, 0.29) is 29.1 Å². The number of carboxylic acid groups (broad SMARTS) is 1. The average molecular weight is 385 g/mol. The van der Waals surface area contributed by atoms with E-state index in [9.17, 15) is 9.90 Å². The highest BCUT2D eigenvalue weighted by atomic mass is 28.4. The SMILES string of the molecule is C=C[C@H](OC)[C@@H](O[Si](C)(C)C(C)(C)C)[C@H](C)/C=C(/C)[C@H](C)[C@H](C)C(=O)O. The Morgan fingerprint density at radius 3 is 2.00 bits per heavy atom. The summed E-state index contributed by atoms with van der Waals surface area (Å²) in [5, 5.41) is 9.36. The van der Waals surface area contributed by atoms with Gasteiger partial charge in [-0.1, -0.05) is 59.3 Å². The molecule has 1 N–H and O–H groups in total. The Kier molecular flexibility index (Phi) is 9.51. The fraction of sp³-hybridized carbons (Fsp3) is 0.762. The molecule has 0 amide bonds. The minimum Gasteiger partial charge on any atom is -0.481 e. The summed E-state index contributed by atoms with van der Waals surface area (Å²) in [4.78, 5) is 11.3. The van der Waals surface area contributed by atoms with Gasteiger partial charge < -0.3 is 14.3 Å². The first-order valence-corrected chi connectivity index (χ1v) is 12.3. The van der Waals surface area contributed by atoms with E-state index in [0.717, 1.165) is 5.57 Å². The van der Waals surface area contributed by atoms with Crippen molar-refractivity contribution in [2.75, 3.05) is 7.11 Å². The van der Waals surface area contributed by atoms with Crippen LogP contribution in [0.3, 0.4) is 0 Å². The quantitative estimate of drug-likeness (QED) is 0.398. The van der Waals surface area contributed by atoms with Crippen molar-refractivity contribution in [2.45, 2.75) is 78.8 Å². The number of carbonyl (C=O) groups is 1. The molecule has 0 saturated heterocycles. The summed E-state index contributed by atoms with van der Waals surface area (Å²) in [5.41, 5.74) is 1.06. The number of ether oxygens (including phenoxy) is 1. The van der Waals surface area contributed by atoms with Gasteiger partial charge in [-0.15, -0.1) is 6.58 Å². The molecule has 0 aromatic carbocycles. The van der Waals surface area contributed by atoms with Crippen LogP contribution in [0.15, 0.2) is 24.3 Å². The van der Waals surface area contributed by atoms with Crippen LogP contribution in [0, 0.1) is 17.8 Å². The lowest BCUT2D eigenvalue weighted by Crippen LogP contribution is -2.49. The van der Waals surface area contributed by atoms with Crippen LogP contribution in [0.25, 0.3) is 0 Å². The maximum Gasteiger partial charge on any atom is 0.306 e. The van der Waals surface area contributed by atoms with Gasteiger partial charge in [-0.25, -0.2) is 0 Å². The van der Waals surface area contributed by atoms with Crippen molar-refractivity contribution in [3.05, 3.63) is 24.3 Å². The molecular formula is C21H40O4Si. The molecule has 0 spiro atoms. The third-order valence-corrected chi connectivity index (χ3v) is 10.4. The van der Waals surface area contributed by atoms with Crippen LogP contribution in [0.5, 0.6) is 0 Å². The monoisotopic (exact) mass is 384 g/mol. The number of carboxylic acids is 1. The van der Waals surface area contributed by atoms with Gasteiger partial charge in [-0.3, -0.25) is 4.79 Å². The third-order valence-electron chi connectivity index (χ3n) is 5.97. The van der Waals surface area contributed by atoms with Crippen molar-refractivity contribution in [3.8, 4) is 0 Å². The van der Waals surface area contributed by atoms with Gasteiger partial charge in [0, 0.05) is 13.0 Å². The van der Waals surface area contributed by atoms with Crippen LogP contribution >= 0.6 is 0 Å². The molecule has 5 atom stereocenters. The highest BCUT2D eigenvalue weighted by Gasteiger charge is 2.41. The Hall–Kier alpha value is -0.913. The van der Waals surface area contributed by atoms with Crippen molar-refractivity contribution in [1.82, 2.24) is 0 Å². The second-order valence-corrected chi connectivity index (χ2v) is 13.7. The molecule has 5 heteroatoms. The number of hydrogen-bond acceptors (Lipinski definition) is 3. The van der Waals surface area contributed by atoms with Crippen LogP contribution in [-0.4, -0.2) is 38.7 Å². The minimum atomic E-state index is -2.00. The van der Waals surface area contributed by atoms with E-state index in [4.69, 9.17) is 9.16 Å². The normalized spacial score (nSPS) is 19.4. The summed E-state index contributed by atoms with van der Waals surface area (Å²) in [6.45, 7) is 22.8. The van der Waals surface area contributed by atoms with E-state index < -0.39 is 20.2 Å². The molecule has 0 heterocycles. The second-order valence-electron chi connectivity index (χ2n) is 8.96. The van der Waals surface area contributed by atoms with Gasteiger partial charge in [0.15, 0.2) is 8.32 Å². The van der Waals surface area contributed by atoms with Crippen molar-refractivity contribution >= 4 is 14.3 Å². The zero-order valence-electron chi connectivity index (χ0n) is 18.4. The molecule has 0 unspecified atom stereocenters. The Morgan fingerprint density at radius 2 is 1.65 bits per heavy atom. The summed E-state index contributed by atoms with van der Waals surface area (Å²) >= 11 is 0. The Labute approximate surface area is 161 Å². The molecule has 0 aliphatic rings. The van der Waals surface area contributed by atoms with Crippen molar-refractivity contribution in [3.63, 3.8) is 0 Å². The van der Waals surface area contributed by atoms with Gasteiger partial charge >= 0.3 is 5.97 Å². The number of allylic oxidation sites excluding steroid dienone is 1. The second kappa shape index (κ2) is 9.86. The molecule has 0 saturated carbocycles. The molecule has 0 aromatic rings. The van der Waals surface area contributed by atoms with Crippen molar-refractivity contribution in [2.24, 2.45) is 17.8 Å². The van der Waals surface area contributed by atoms with E-state index >= 15 is 0 Å². The van der Waals surface area contributed by atoms with Gasteiger partial charge in [-0.2, -0.15) is 0 Å². The fourth-order valence-corrected chi connectivity index (χ4v) is 4.01. The van der Waals surface area contributed by atoms with Crippen LogP contribution in [0.4, 0.5) is 0 Å². The average Bonchev–Trinajstić information content (AvgIpc) is 2.51. The Morgan fingerprint density at radius 1 is 1.15 bits per heavy atom. The van der Waals surface area contributed by atoms with E-state index in [2.05, 4.69) is 53.4 Å². The molecule has 0 aliphatic carbocycles. The van der Waals surface area contributed by atoms with Gasteiger partial charge in [0.2, 0.25) is 0 Å². The van der Waals surface area contributed by atoms with Crippen LogP contribution < -0.4 is 0 Å². The molecule has 0 radical (unpaired) electrons. The summed E-state index contributed by atoms with van der Waals surface area (Å²) in [6, 6.07) is 0.